The molecule has 0 saturated carbocycles. The molecule has 19 heavy (non-hydrogen) atoms. The van der Waals surface area contributed by atoms with Crippen molar-refractivity contribution in [3.8, 4) is 0 Å². The van der Waals surface area contributed by atoms with Crippen LogP contribution in [0.25, 0.3) is 0 Å². The average molecular weight is 275 g/mol. The van der Waals surface area contributed by atoms with E-state index in [2.05, 4.69) is 10.1 Å². The van der Waals surface area contributed by atoms with Crippen molar-refractivity contribution in [2.75, 3.05) is 11.9 Å². The summed E-state index contributed by atoms with van der Waals surface area (Å²) in [5.41, 5.74) is -0.798. The summed E-state index contributed by atoms with van der Waals surface area (Å²) in [7, 11) is 0. The van der Waals surface area contributed by atoms with Crippen LogP contribution in [0.1, 0.15) is 18.9 Å². The summed E-state index contributed by atoms with van der Waals surface area (Å²) in [4.78, 5) is 21.8. The number of rotatable bonds is 4. The maximum atomic E-state index is 12.4. The summed E-state index contributed by atoms with van der Waals surface area (Å²) < 4.78 is 41.8. The Kier molecular flexibility index (Phi) is 4.91. The van der Waals surface area contributed by atoms with Gasteiger partial charge in [0.2, 0.25) is 5.91 Å². The monoisotopic (exact) mass is 275 g/mol. The van der Waals surface area contributed by atoms with E-state index in [1.165, 1.54) is 19.1 Å². The number of nitrogens with one attached hydrogen (secondary N) is 1. The van der Waals surface area contributed by atoms with Crippen molar-refractivity contribution in [2.24, 2.45) is 0 Å². The molecule has 1 aromatic rings. The molecular formula is C12H12F3NO3. The minimum Gasteiger partial charge on any atom is -0.465 e. The number of carbonyl (C=O) groups excluding carboxylic acids is 2. The highest BCUT2D eigenvalue weighted by molar-refractivity contribution is 5.90. The third-order valence-corrected chi connectivity index (χ3v) is 2.11. The second-order valence-corrected chi connectivity index (χ2v) is 3.72. The molecule has 0 atom stereocenters. The first-order valence-electron chi connectivity index (χ1n) is 5.39. The van der Waals surface area contributed by atoms with E-state index in [9.17, 15) is 22.8 Å². The highest BCUT2D eigenvalue weighted by Gasteiger charge is 2.30. The molecular weight excluding hydrogens is 263 g/mol. The van der Waals surface area contributed by atoms with Crippen molar-refractivity contribution in [2.45, 2.75) is 19.5 Å². The number of carbonyl (C=O) groups is 2. The van der Waals surface area contributed by atoms with Gasteiger partial charge in [0, 0.05) is 12.6 Å². The van der Waals surface area contributed by atoms with Crippen molar-refractivity contribution in [3.05, 3.63) is 29.8 Å². The maximum Gasteiger partial charge on any atom is 0.416 e. The summed E-state index contributed by atoms with van der Waals surface area (Å²) in [5.74, 6) is -1.05. The maximum absolute atomic E-state index is 12.4. The normalized spacial score (nSPS) is 10.9. The molecule has 0 aliphatic heterocycles. The number of ether oxygens (including phenoxy) is 1. The molecule has 0 aliphatic rings. The van der Waals surface area contributed by atoms with Gasteiger partial charge in [-0.3, -0.25) is 9.59 Å². The molecule has 1 aromatic carbocycles. The Morgan fingerprint density at radius 3 is 2.58 bits per heavy atom. The van der Waals surface area contributed by atoms with Gasteiger partial charge in [-0.2, -0.15) is 13.2 Å². The van der Waals surface area contributed by atoms with E-state index in [0.29, 0.717) is 0 Å². The molecule has 0 heterocycles. The summed E-state index contributed by atoms with van der Waals surface area (Å²) in [5, 5.41) is 2.30. The van der Waals surface area contributed by atoms with E-state index >= 15 is 0 Å². The van der Waals surface area contributed by atoms with Crippen LogP contribution in [0.3, 0.4) is 0 Å². The summed E-state index contributed by atoms with van der Waals surface area (Å²) >= 11 is 0. The van der Waals surface area contributed by atoms with E-state index in [0.717, 1.165) is 12.1 Å². The van der Waals surface area contributed by atoms with Crippen LogP contribution in [0.5, 0.6) is 0 Å². The van der Waals surface area contributed by atoms with E-state index in [4.69, 9.17) is 0 Å². The van der Waals surface area contributed by atoms with E-state index in [1.54, 1.807) is 0 Å². The van der Waals surface area contributed by atoms with Gasteiger partial charge in [-0.25, -0.2) is 0 Å². The number of alkyl halides is 3. The smallest absolute Gasteiger partial charge is 0.416 e. The van der Waals surface area contributed by atoms with Crippen molar-refractivity contribution >= 4 is 17.6 Å². The van der Waals surface area contributed by atoms with Crippen molar-refractivity contribution in [1.82, 2.24) is 0 Å². The summed E-state index contributed by atoms with van der Waals surface area (Å²) in [6.07, 6.45) is -4.58. The highest BCUT2D eigenvalue weighted by Crippen LogP contribution is 2.30. The zero-order chi connectivity index (χ0) is 14.5. The van der Waals surface area contributed by atoms with E-state index < -0.39 is 23.6 Å². The van der Waals surface area contributed by atoms with E-state index in [1.807, 2.05) is 0 Å². The third kappa shape index (κ3) is 5.41. The topological polar surface area (TPSA) is 55.4 Å². The second kappa shape index (κ2) is 6.21. The van der Waals surface area contributed by atoms with Crippen molar-refractivity contribution in [1.29, 1.82) is 0 Å². The Hall–Kier alpha value is -2.05. The van der Waals surface area contributed by atoms with Gasteiger partial charge in [-0.15, -0.1) is 0 Å². The number of hydrogen-bond donors (Lipinski definition) is 1. The molecule has 0 saturated heterocycles. The molecule has 1 rings (SSSR count). The number of hydrogen-bond acceptors (Lipinski definition) is 3. The third-order valence-electron chi connectivity index (χ3n) is 2.11. The predicted molar refractivity (Wildman–Crippen MR) is 61.3 cm³/mol. The van der Waals surface area contributed by atoms with Gasteiger partial charge in [0.05, 0.1) is 12.0 Å². The van der Waals surface area contributed by atoms with Crippen LogP contribution >= 0.6 is 0 Å². The lowest BCUT2D eigenvalue weighted by atomic mass is 10.2. The fourth-order valence-corrected chi connectivity index (χ4v) is 1.28. The number of anilines is 1. The minimum absolute atomic E-state index is 0.0441. The zero-order valence-corrected chi connectivity index (χ0v) is 10.1. The van der Waals surface area contributed by atoms with Crippen molar-refractivity contribution < 1.29 is 27.5 Å². The van der Waals surface area contributed by atoms with Gasteiger partial charge in [0.1, 0.15) is 6.61 Å². The Bertz CT molecular complexity index is 472. The fourth-order valence-electron chi connectivity index (χ4n) is 1.28. The lowest BCUT2D eigenvalue weighted by molar-refractivity contribution is -0.141. The second-order valence-electron chi connectivity index (χ2n) is 3.72. The molecule has 0 fully saturated rings. The fraction of sp³-hybridized carbons (Fsp3) is 0.333. The molecule has 0 aromatic heterocycles. The molecule has 0 aliphatic carbocycles. The van der Waals surface area contributed by atoms with Crippen LogP contribution < -0.4 is 5.32 Å². The quantitative estimate of drug-likeness (QED) is 0.859. The predicted octanol–water partition coefficient (Wildman–Crippen LogP) is 2.60. The molecule has 0 bridgehead atoms. The van der Waals surface area contributed by atoms with Gasteiger partial charge in [0.15, 0.2) is 0 Å². The number of benzene rings is 1. The first-order chi connectivity index (χ1) is 8.79. The molecule has 1 amide bonds. The number of amides is 1. The van der Waals surface area contributed by atoms with Gasteiger partial charge >= 0.3 is 12.1 Å². The Morgan fingerprint density at radius 2 is 2.00 bits per heavy atom. The lowest BCUT2D eigenvalue weighted by Gasteiger charge is -2.09. The molecule has 1 N–H and O–H groups in total. The van der Waals surface area contributed by atoms with Crippen LogP contribution in [0.2, 0.25) is 0 Å². The summed E-state index contributed by atoms with van der Waals surface area (Å²) in [6, 6.07) is 4.29. The van der Waals surface area contributed by atoms with E-state index in [-0.39, 0.29) is 18.7 Å². The first kappa shape index (κ1) is 15.0. The van der Waals surface area contributed by atoms with Gasteiger partial charge in [-0.1, -0.05) is 6.07 Å². The number of esters is 1. The SMILES string of the molecule is CC(=O)OCCC(=O)Nc1cccc(C(F)(F)F)c1. The minimum atomic E-state index is -4.46. The lowest BCUT2D eigenvalue weighted by Crippen LogP contribution is -2.15. The molecule has 0 spiro atoms. The standard InChI is InChI=1S/C12H12F3NO3/c1-8(17)19-6-5-11(18)16-10-4-2-3-9(7-10)12(13,14)15/h2-4,7H,5-6H2,1H3,(H,16,18). The van der Waals surface area contributed by atoms with Gasteiger partial charge in [-0.05, 0) is 18.2 Å². The Balaban J connectivity index is 2.57. The van der Waals surface area contributed by atoms with Crippen LogP contribution in [0.4, 0.5) is 18.9 Å². The van der Waals surface area contributed by atoms with Crippen LogP contribution in [0, 0.1) is 0 Å². The van der Waals surface area contributed by atoms with Crippen LogP contribution in [0.15, 0.2) is 24.3 Å². The van der Waals surface area contributed by atoms with Gasteiger partial charge < -0.3 is 10.1 Å². The van der Waals surface area contributed by atoms with Crippen molar-refractivity contribution in [3.63, 3.8) is 0 Å². The number of halogens is 3. The average Bonchev–Trinajstić information content (AvgIpc) is 2.27. The zero-order valence-electron chi connectivity index (χ0n) is 10.1. The molecule has 0 radical (unpaired) electrons. The highest BCUT2D eigenvalue weighted by atomic mass is 19.4. The van der Waals surface area contributed by atoms with Crippen LogP contribution in [-0.4, -0.2) is 18.5 Å². The largest absolute Gasteiger partial charge is 0.465 e. The van der Waals surface area contributed by atoms with Crippen LogP contribution in [-0.2, 0) is 20.5 Å². The molecule has 0 unspecified atom stereocenters. The molecule has 4 nitrogen and oxygen atoms in total. The summed E-state index contributed by atoms with van der Waals surface area (Å²) in [6.45, 7) is 1.09. The Labute approximate surface area is 107 Å². The van der Waals surface area contributed by atoms with Gasteiger partial charge in [0.25, 0.3) is 0 Å². The molecule has 7 heteroatoms. The first-order valence-corrected chi connectivity index (χ1v) is 5.39. The molecule has 104 valence electrons. The Morgan fingerprint density at radius 1 is 1.32 bits per heavy atom.